The van der Waals surface area contributed by atoms with Crippen LogP contribution in [0.3, 0.4) is 0 Å². The number of nitrogens with zero attached hydrogens (tertiary/aromatic N) is 2. The number of hydrogen-bond acceptors (Lipinski definition) is 3. The van der Waals surface area contributed by atoms with Gasteiger partial charge in [0, 0.05) is 10.9 Å². The molecular weight excluding hydrogens is 235 g/mol. The van der Waals surface area contributed by atoms with Crippen molar-refractivity contribution in [3.8, 4) is 0 Å². The van der Waals surface area contributed by atoms with E-state index >= 15 is 0 Å². The van der Waals surface area contributed by atoms with Gasteiger partial charge in [0.15, 0.2) is 0 Å². The Labute approximate surface area is 96.0 Å². The molecule has 76 valence electrons. The van der Waals surface area contributed by atoms with Crippen molar-refractivity contribution in [3.63, 3.8) is 0 Å². The number of ether oxygens (including phenoxy) is 1. The van der Waals surface area contributed by atoms with Crippen molar-refractivity contribution in [2.75, 3.05) is 0 Å². The minimum absolute atomic E-state index is 0.174. The molecule has 0 saturated heterocycles. The molecule has 1 aliphatic rings. The van der Waals surface area contributed by atoms with Crippen LogP contribution in [0.15, 0.2) is 12.1 Å². The quantitative estimate of drug-likeness (QED) is 0.525. The Morgan fingerprint density at radius 1 is 1.13 bits per heavy atom. The number of halogens is 2. The van der Waals surface area contributed by atoms with Crippen LogP contribution in [0.1, 0.15) is 11.1 Å². The zero-order valence-electron chi connectivity index (χ0n) is 7.63. The van der Waals surface area contributed by atoms with Gasteiger partial charge in [0.25, 0.3) is 0 Å². The number of benzene rings is 1. The fraction of sp³-hybridized carbons (Fsp3) is 0.200. The lowest BCUT2D eigenvalue weighted by atomic mass is 10.1. The van der Waals surface area contributed by atoms with Crippen molar-refractivity contribution >= 4 is 34.1 Å². The highest BCUT2D eigenvalue weighted by molar-refractivity contribution is 6.35. The third kappa shape index (κ3) is 1.39. The maximum Gasteiger partial charge on any atom is 0.224 e. The molecule has 0 amide bonds. The van der Waals surface area contributed by atoms with Crippen LogP contribution in [0, 0.1) is 0 Å². The summed E-state index contributed by atoms with van der Waals surface area (Å²) in [5, 5.41) is 1.39. The largest absolute Gasteiger partial charge is 0.372 e. The van der Waals surface area contributed by atoms with Gasteiger partial charge in [0.1, 0.15) is 5.15 Å². The van der Waals surface area contributed by atoms with Crippen molar-refractivity contribution in [3.05, 3.63) is 33.7 Å². The summed E-state index contributed by atoms with van der Waals surface area (Å²) < 4.78 is 5.36. The molecule has 0 atom stereocenters. The summed E-state index contributed by atoms with van der Waals surface area (Å²) in [4.78, 5) is 8.10. The smallest absolute Gasteiger partial charge is 0.224 e. The minimum atomic E-state index is 0.174. The highest BCUT2D eigenvalue weighted by Gasteiger charge is 2.17. The summed E-state index contributed by atoms with van der Waals surface area (Å²) in [7, 11) is 0. The normalized spacial score (nSPS) is 14.5. The average molecular weight is 241 g/mol. The number of aromatic nitrogens is 2. The molecule has 5 heteroatoms. The first-order valence-corrected chi connectivity index (χ1v) is 5.22. The van der Waals surface area contributed by atoms with Gasteiger partial charge in [-0.25, -0.2) is 9.97 Å². The Morgan fingerprint density at radius 2 is 2.00 bits per heavy atom. The third-order valence-corrected chi connectivity index (χ3v) is 2.96. The van der Waals surface area contributed by atoms with Gasteiger partial charge < -0.3 is 4.74 Å². The van der Waals surface area contributed by atoms with Crippen molar-refractivity contribution < 1.29 is 4.74 Å². The SMILES string of the molecule is Clc1nc(Cl)c2ccc3c(c2n1)COC3. The first-order chi connectivity index (χ1) is 7.25. The standard InChI is InChI=1S/C10H6Cl2N2O/c11-9-6-2-1-5-3-15-4-7(5)8(6)13-10(12)14-9/h1-2H,3-4H2. The van der Waals surface area contributed by atoms with E-state index in [9.17, 15) is 0 Å². The molecule has 1 aromatic heterocycles. The predicted molar refractivity (Wildman–Crippen MR) is 58.1 cm³/mol. The van der Waals surface area contributed by atoms with Crippen LogP contribution >= 0.6 is 23.2 Å². The van der Waals surface area contributed by atoms with Crippen LogP contribution in [0.4, 0.5) is 0 Å². The molecule has 0 fully saturated rings. The van der Waals surface area contributed by atoms with E-state index in [0.29, 0.717) is 18.4 Å². The van der Waals surface area contributed by atoms with E-state index in [4.69, 9.17) is 27.9 Å². The molecule has 3 rings (SSSR count). The van der Waals surface area contributed by atoms with Gasteiger partial charge in [0.2, 0.25) is 5.28 Å². The number of fused-ring (bicyclic) bond motifs is 3. The molecule has 3 nitrogen and oxygen atoms in total. The van der Waals surface area contributed by atoms with E-state index in [1.165, 1.54) is 0 Å². The molecule has 0 unspecified atom stereocenters. The topological polar surface area (TPSA) is 35.0 Å². The summed E-state index contributed by atoms with van der Waals surface area (Å²) in [5.74, 6) is 0. The van der Waals surface area contributed by atoms with Gasteiger partial charge >= 0.3 is 0 Å². The van der Waals surface area contributed by atoms with E-state index < -0.39 is 0 Å². The third-order valence-electron chi connectivity index (χ3n) is 2.50. The fourth-order valence-corrected chi connectivity index (χ4v) is 2.23. The summed E-state index contributed by atoms with van der Waals surface area (Å²) in [5.41, 5.74) is 3.02. The van der Waals surface area contributed by atoms with Gasteiger partial charge in [-0.05, 0) is 23.2 Å². The first-order valence-electron chi connectivity index (χ1n) is 4.47. The Balaban J connectivity index is 2.44. The lowest BCUT2D eigenvalue weighted by molar-refractivity contribution is 0.135. The van der Waals surface area contributed by atoms with E-state index in [1.54, 1.807) is 0 Å². The van der Waals surface area contributed by atoms with Crippen LogP contribution in [0.25, 0.3) is 10.9 Å². The van der Waals surface area contributed by atoms with E-state index in [1.807, 2.05) is 12.1 Å². The molecule has 0 aliphatic carbocycles. The molecular formula is C10H6Cl2N2O. The molecule has 1 aliphatic heterocycles. The summed E-state index contributed by atoms with van der Waals surface area (Å²) >= 11 is 11.8. The number of rotatable bonds is 0. The summed E-state index contributed by atoms with van der Waals surface area (Å²) in [6.07, 6.45) is 0. The minimum Gasteiger partial charge on any atom is -0.372 e. The molecule has 15 heavy (non-hydrogen) atoms. The van der Waals surface area contributed by atoms with E-state index in [2.05, 4.69) is 9.97 Å². The maximum absolute atomic E-state index is 5.99. The Hall–Kier alpha value is -0.900. The molecule has 0 spiro atoms. The Kier molecular flexibility index (Phi) is 2.06. The van der Waals surface area contributed by atoms with Crippen molar-refractivity contribution in [2.45, 2.75) is 13.2 Å². The van der Waals surface area contributed by atoms with Crippen LogP contribution in [0.2, 0.25) is 10.4 Å². The molecule has 0 N–H and O–H groups in total. The van der Waals surface area contributed by atoms with Crippen LogP contribution in [-0.4, -0.2) is 9.97 Å². The maximum atomic E-state index is 5.99. The zero-order chi connectivity index (χ0) is 10.4. The Morgan fingerprint density at radius 3 is 2.87 bits per heavy atom. The summed E-state index contributed by atoms with van der Waals surface area (Å²) in [6, 6.07) is 3.90. The highest BCUT2D eigenvalue weighted by atomic mass is 35.5. The monoisotopic (exact) mass is 240 g/mol. The van der Waals surface area contributed by atoms with E-state index in [0.717, 1.165) is 22.0 Å². The van der Waals surface area contributed by atoms with Crippen molar-refractivity contribution in [2.24, 2.45) is 0 Å². The molecule has 2 heterocycles. The second-order valence-corrected chi connectivity index (χ2v) is 4.07. The van der Waals surface area contributed by atoms with Crippen LogP contribution in [0.5, 0.6) is 0 Å². The highest BCUT2D eigenvalue weighted by Crippen LogP contribution is 2.30. The van der Waals surface area contributed by atoms with Gasteiger partial charge in [-0.3, -0.25) is 0 Å². The molecule has 2 aromatic rings. The number of hydrogen-bond donors (Lipinski definition) is 0. The predicted octanol–water partition coefficient (Wildman–Crippen LogP) is 2.97. The van der Waals surface area contributed by atoms with Crippen molar-refractivity contribution in [1.82, 2.24) is 9.97 Å². The second-order valence-electron chi connectivity index (χ2n) is 3.38. The average Bonchev–Trinajstić information content (AvgIpc) is 2.65. The van der Waals surface area contributed by atoms with Crippen LogP contribution in [-0.2, 0) is 18.0 Å². The molecule has 0 saturated carbocycles. The summed E-state index contributed by atoms with van der Waals surface area (Å²) in [6.45, 7) is 1.20. The van der Waals surface area contributed by atoms with Gasteiger partial charge in [0.05, 0.1) is 18.7 Å². The lowest BCUT2D eigenvalue weighted by Crippen LogP contribution is -1.92. The fourth-order valence-electron chi connectivity index (χ4n) is 1.79. The van der Waals surface area contributed by atoms with Crippen molar-refractivity contribution in [1.29, 1.82) is 0 Å². The van der Waals surface area contributed by atoms with E-state index in [-0.39, 0.29) is 5.28 Å². The van der Waals surface area contributed by atoms with Gasteiger partial charge in [-0.15, -0.1) is 0 Å². The lowest BCUT2D eigenvalue weighted by Gasteiger charge is -2.04. The molecule has 0 bridgehead atoms. The molecule has 1 aromatic carbocycles. The van der Waals surface area contributed by atoms with Gasteiger partial charge in [-0.2, -0.15) is 0 Å². The second kappa shape index (κ2) is 3.30. The zero-order valence-corrected chi connectivity index (χ0v) is 9.14. The van der Waals surface area contributed by atoms with Gasteiger partial charge in [-0.1, -0.05) is 17.7 Å². The molecule has 0 radical (unpaired) electrons. The first kappa shape index (κ1) is 9.33. The van der Waals surface area contributed by atoms with Crippen LogP contribution < -0.4 is 0 Å². The Bertz CT molecular complexity index is 557.